The van der Waals surface area contributed by atoms with E-state index in [4.69, 9.17) is 4.42 Å². The lowest BCUT2D eigenvalue weighted by atomic mass is 9.33. The van der Waals surface area contributed by atoms with Crippen LogP contribution in [0.5, 0.6) is 0 Å². The highest BCUT2D eigenvalue weighted by molar-refractivity contribution is 7.26. The molecule has 5 aliphatic heterocycles. The Hall–Kier alpha value is -7.54. The molecular formula is C78H76BN3OS. The molecule has 2 atom stereocenters. The van der Waals surface area contributed by atoms with Crippen LogP contribution in [0.3, 0.4) is 0 Å². The van der Waals surface area contributed by atoms with Crippen LogP contribution in [0.25, 0.3) is 53.2 Å². The maximum absolute atomic E-state index is 7.01. The van der Waals surface area contributed by atoms with Crippen molar-refractivity contribution in [3.8, 4) is 11.1 Å². The van der Waals surface area contributed by atoms with E-state index < -0.39 is 0 Å². The van der Waals surface area contributed by atoms with Gasteiger partial charge in [-0.1, -0.05) is 169 Å². The number of nitrogens with zero attached hydrogens (tertiary/aromatic N) is 3. The molecule has 1 aliphatic carbocycles. The number of benzene rings is 9. The van der Waals surface area contributed by atoms with E-state index in [2.05, 4.69) is 269 Å². The third kappa shape index (κ3) is 7.07. The van der Waals surface area contributed by atoms with Gasteiger partial charge in [-0.15, -0.1) is 11.3 Å². The van der Waals surface area contributed by atoms with Gasteiger partial charge in [0.1, 0.15) is 11.2 Å². The zero-order valence-corrected chi connectivity index (χ0v) is 52.4. The molecule has 6 heteroatoms. The lowest BCUT2D eigenvalue weighted by Crippen LogP contribution is -2.61. The van der Waals surface area contributed by atoms with Gasteiger partial charge in [0.05, 0.1) is 28.0 Å². The summed E-state index contributed by atoms with van der Waals surface area (Å²) in [4.78, 5) is 8.20. The smallest absolute Gasteiger partial charge is 0.252 e. The van der Waals surface area contributed by atoms with E-state index in [1.54, 1.807) is 0 Å². The Balaban J connectivity index is 1.07. The van der Waals surface area contributed by atoms with Crippen molar-refractivity contribution in [2.75, 3.05) is 14.7 Å². The summed E-state index contributed by atoms with van der Waals surface area (Å²) in [7, 11) is 0. The largest absolute Gasteiger partial charge is 0.456 e. The van der Waals surface area contributed by atoms with E-state index in [0.29, 0.717) is 0 Å². The number of aryl methyl sites for hydroxylation is 1. The SMILES string of the molecule is Cc1cc2c3c(c1)N1c4ccc(C(C)(C)C)cc4-c4ccc(cc4)C(C)(C)c4ccc5oc6cccc(c6c5c4)N2c2cc(N4c5ccc(C(C)(C)C)cc5C5(C)CCCCC45C)ccc2B3c2ccc3sc4ccc(C(C)(C)C)cc4c3c21. The summed E-state index contributed by atoms with van der Waals surface area (Å²) in [6, 6.07) is 63.1. The first kappa shape index (κ1) is 52.1. The van der Waals surface area contributed by atoms with E-state index in [0.717, 1.165) is 34.0 Å². The van der Waals surface area contributed by atoms with Crippen molar-refractivity contribution >= 4 is 122 Å². The average Bonchev–Trinajstić information content (AvgIpc) is 1.28. The number of furan rings is 1. The summed E-state index contributed by atoms with van der Waals surface area (Å²) in [5.41, 5.74) is 26.9. The van der Waals surface area contributed by atoms with Gasteiger partial charge in [-0.3, -0.25) is 0 Å². The number of hydrogen-bond donors (Lipinski definition) is 0. The monoisotopic (exact) mass is 1110 g/mol. The van der Waals surface area contributed by atoms with Gasteiger partial charge in [-0.2, -0.15) is 0 Å². The summed E-state index contributed by atoms with van der Waals surface area (Å²) < 4.78 is 9.64. The zero-order valence-electron chi connectivity index (χ0n) is 51.6. The molecule has 9 aromatic carbocycles. The summed E-state index contributed by atoms with van der Waals surface area (Å²) >= 11 is 1.93. The molecule has 0 amide bonds. The summed E-state index contributed by atoms with van der Waals surface area (Å²) in [6.45, 7) is 33.4. The lowest BCUT2D eigenvalue weighted by molar-refractivity contribution is 0.195. The minimum Gasteiger partial charge on any atom is -0.456 e. The fourth-order valence-corrected chi connectivity index (χ4v) is 17.3. The minimum atomic E-state index is -0.319. The summed E-state index contributed by atoms with van der Waals surface area (Å²) in [5, 5.41) is 4.93. The predicted molar refractivity (Wildman–Crippen MR) is 362 cm³/mol. The van der Waals surface area contributed by atoms with Crippen molar-refractivity contribution in [3.05, 3.63) is 197 Å². The molecule has 11 aromatic rings. The summed E-state index contributed by atoms with van der Waals surface area (Å²) in [5.74, 6) is 0. The molecular weight excluding hydrogens is 1040 g/mol. The molecule has 1 fully saturated rings. The molecule has 9 bridgehead atoms. The first-order valence-corrected chi connectivity index (χ1v) is 31.8. The fourth-order valence-electron chi connectivity index (χ4n) is 16.2. The third-order valence-corrected chi connectivity index (χ3v) is 22.5. The van der Waals surface area contributed by atoms with Gasteiger partial charge in [0.25, 0.3) is 6.71 Å². The summed E-state index contributed by atoms with van der Waals surface area (Å²) in [6.07, 6.45) is 4.76. The first-order valence-electron chi connectivity index (χ1n) is 31.0. The number of fused-ring (bicyclic) bond motifs is 13. The fraction of sp³-hybridized carbons (Fsp3) is 0.308. The third-order valence-electron chi connectivity index (χ3n) is 21.3. The average molecular weight is 1110 g/mol. The van der Waals surface area contributed by atoms with Gasteiger partial charge in [-0.05, 0) is 189 Å². The van der Waals surface area contributed by atoms with E-state index in [1.165, 1.54) is 146 Å². The van der Waals surface area contributed by atoms with E-state index in [9.17, 15) is 0 Å². The highest BCUT2D eigenvalue weighted by Crippen LogP contribution is 2.62. The Morgan fingerprint density at radius 1 is 0.500 bits per heavy atom. The van der Waals surface area contributed by atoms with Gasteiger partial charge >= 0.3 is 0 Å². The van der Waals surface area contributed by atoms with Crippen LogP contribution in [0, 0.1) is 6.92 Å². The second kappa shape index (κ2) is 17.1. The van der Waals surface area contributed by atoms with Crippen LogP contribution in [0.15, 0.2) is 162 Å². The topological polar surface area (TPSA) is 22.9 Å². The number of anilines is 8. The highest BCUT2D eigenvalue weighted by atomic mass is 32.1. The van der Waals surface area contributed by atoms with Crippen LogP contribution in [0.2, 0.25) is 0 Å². The molecule has 0 saturated heterocycles. The molecule has 2 aromatic heterocycles. The molecule has 418 valence electrons. The van der Waals surface area contributed by atoms with Crippen molar-refractivity contribution < 1.29 is 4.42 Å². The quantitative estimate of drug-likeness (QED) is 0.153. The van der Waals surface area contributed by atoms with Crippen molar-refractivity contribution in [1.82, 2.24) is 0 Å². The molecule has 17 rings (SSSR count). The normalized spacial score (nSPS) is 19.5. The molecule has 0 spiro atoms. The second-order valence-electron chi connectivity index (χ2n) is 29.8. The van der Waals surface area contributed by atoms with Crippen LogP contribution in [0.4, 0.5) is 45.5 Å². The Labute approximate surface area is 501 Å². The maximum Gasteiger partial charge on any atom is 0.252 e. The number of thiophene rings is 1. The van der Waals surface area contributed by atoms with Crippen LogP contribution in [-0.4, -0.2) is 12.3 Å². The Morgan fingerprint density at radius 2 is 1.15 bits per heavy atom. The van der Waals surface area contributed by atoms with Crippen LogP contribution in [-0.2, 0) is 27.1 Å². The van der Waals surface area contributed by atoms with Gasteiger partial charge < -0.3 is 19.1 Å². The maximum atomic E-state index is 7.01. The Kier molecular flexibility index (Phi) is 10.6. The Bertz CT molecular complexity index is 4670. The molecule has 84 heavy (non-hydrogen) atoms. The zero-order chi connectivity index (χ0) is 58.1. The second-order valence-corrected chi connectivity index (χ2v) is 30.9. The number of rotatable bonds is 1. The van der Waals surface area contributed by atoms with Crippen LogP contribution < -0.4 is 31.1 Å². The number of hydrogen-bond acceptors (Lipinski definition) is 5. The van der Waals surface area contributed by atoms with E-state index in [-0.39, 0.29) is 39.3 Å². The molecule has 6 aliphatic rings. The van der Waals surface area contributed by atoms with Crippen molar-refractivity contribution in [2.45, 2.75) is 155 Å². The van der Waals surface area contributed by atoms with Crippen LogP contribution in [0.1, 0.15) is 155 Å². The van der Waals surface area contributed by atoms with Gasteiger partial charge in [0.2, 0.25) is 0 Å². The Morgan fingerprint density at radius 3 is 1.90 bits per heavy atom. The van der Waals surface area contributed by atoms with Gasteiger partial charge in [0, 0.05) is 70.4 Å². The first-order chi connectivity index (χ1) is 39.9. The predicted octanol–water partition coefficient (Wildman–Crippen LogP) is 20.3. The molecule has 0 N–H and O–H groups in total. The molecule has 0 radical (unpaired) electrons. The molecule has 7 heterocycles. The standard InChI is InChI=1S/C78H76BN3OS/c1-45-38-63-71-64(39-45)81-59-31-24-48(73(2,3)4)40-53(59)46-20-22-47(23-21-46)76(11,12)51-26-33-65-54(42-51)69-61(18-17-19-66(69)83-65)80(63)62-44-52(82-60-32-25-50(75(8,9)10)43-56(60)77(13)36-15-16-37-78(77,82)14)28-29-57(62)79(71)58-30-35-68-70(72(58)81)55-41-49(74(5,6)7)27-34-67(55)84-68/h17-35,38-44H,15-16,36-37H2,1-14H3. The minimum absolute atomic E-state index is 0.0252. The van der Waals surface area contributed by atoms with Gasteiger partial charge in [-0.25, -0.2) is 0 Å². The van der Waals surface area contributed by atoms with E-state index >= 15 is 0 Å². The van der Waals surface area contributed by atoms with E-state index in [1.807, 2.05) is 11.3 Å². The van der Waals surface area contributed by atoms with Crippen molar-refractivity contribution in [1.29, 1.82) is 0 Å². The highest BCUT2D eigenvalue weighted by Gasteiger charge is 2.58. The van der Waals surface area contributed by atoms with Gasteiger partial charge in [0.15, 0.2) is 0 Å². The van der Waals surface area contributed by atoms with Crippen LogP contribution >= 0.6 is 11.3 Å². The molecule has 4 nitrogen and oxygen atoms in total. The lowest BCUT2D eigenvalue weighted by Gasteiger charge is -2.50. The van der Waals surface area contributed by atoms with Crippen molar-refractivity contribution in [3.63, 3.8) is 0 Å². The van der Waals surface area contributed by atoms with Crippen molar-refractivity contribution in [2.24, 2.45) is 0 Å². The molecule has 1 saturated carbocycles. The molecule has 2 unspecified atom stereocenters.